The smallest absolute Gasteiger partial charge is 0.322 e. The zero-order valence-corrected chi connectivity index (χ0v) is 16.3. The molecule has 1 aromatic heterocycles. The van der Waals surface area contributed by atoms with Gasteiger partial charge in [-0.25, -0.2) is 14.4 Å². The van der Waals surface area contributed by atoms with Gasteiger partial charge in [-0.1, -0.05) is 11.6 Å². The lowest BCUT2D eigenvalue weighted by Gasteiger charge is -2.67. The molecule has 3 aliphatic carbocycles. The number of nitrogens with two attached hydrogens (primary N) is 1. The summed E-state index contributed by atoms with van der Waals surface area (Å²) in [6.45, 7) is 1.44. The Hall–Kier alpha value is -2.78. The van der Waals surface area contributed by atoms with Crippen molar-refractivity contribution >= 4 is 29.1 Å². The molecule has 0 radical (unpaired) electrons. The Balaban J connectivity index is 1.34. The number of carbonyl (C=O) groups is 2. The summed E-state index contributed by atoms with van der Waals surface area (Å²) in [7, 11) is 0. The highest BCUT2D eigenvalue weighted by atomic mass is 35.5. The van der Waals surface area contributed by atoms with Crippen LogP contribution in [0.3, 0.4) is 0 Å². The van der Waals surface area contributed by atoms with Crippen LogP contribution in [0, 0.1) is 18.2 Å². The third-order valence-electron chi connectivity index (χ3n) is 5.32. The van der Waals surface area contributed by atoms with Crippen molar-refractivity contribution in [1.29, 1.82) is 0 Å². The summed E-state index contributed by atoms with van der Waals surface area (Å²) in [5.74, 6) is -1.46. The average molecular weight is 421 g/mol. The van der Waals surface area contributed by atoms with Crippen molar-refractivity contribution in [2.24, 2.45) is 11.1 Å². The van der Waals surface area contributed by atoms with Crippen LogP contribution in [0.2, 0.25) is 5.02 Å². The Kier molecular flexibility index (Phi) is 4.66. The highest BCUT2D eigenvalue weighted by molar-refractivity contribution is 6.30. The van der Waals surface area contributed by atoms with E-state index in [0.29, 0.717) is 29.8 Å². The summed E-state index contributed by atoms with van der Waals surface area (Å²) in [5, 5.41) is 2.92. The van der Waals surface area contributed by atoms with Crippen LogP contribution in [0.4, 0.5) is 10.1 Å². The summed E-state index contributed by atoms with van der Waals surface area (Å²) in [5.41, 5.74) is 5.19. The molecule has 0 atom stereocenters. The molecule has 5 rings (SSSR count). The van der Waals surface area contributed by atoms with Crippen molar-refractivity contribution in [2.75, 3.05) is 11.9 Å². The van der Waals surface area contributed by atoms with E-state index >= 15 is 0 Å². The average Bonchev–Trinajstić information content (AvgIpc) is 2.57. The molecular weight excluding hydrogens is 403 g/mol. The maximum atomic E-state index is 14.5. The summed E-state index contributed by atoms with van der Waals surface area (Å²) < 4.78 is 25.5. The molecule has 0 unspecified atom stereocenters. The van der Waals surface area contributed by atoms with E-state index in [1.54, 1.807) is 13.0 Å². The molecule has 2 amide bonds. The molecule has 1 aromatic carbocycles. The van der Waals surface area contributed by atoms with Gasteiger partial charge in [0.05, 0.1) is 28.4 Å². The molecule has 0 aliphatic heterocycles. The number of carbonyl (C=O) groups excluding carboxylic acids is 2. The summed E-state index contributed by atoms with van der Waals surface area (Å²) in [6, 6.07) is 2.66. The molecule has 10 heteroatoms. The van der Waals surface area contributed by atoms with Gasteiger partial charge in [-0.3, -0.25) is 9.59 Å². The maximum absolute atomic E-state index is 14.5. The zero-order chi connectivity index (χ0) is 20.8. The fourth-order valence-corrected chi connectivity index (χ4v) is 4.00. The molecule has 3 fully saturated rings. The lowest BCUT2D eigenvalue weighted by Crippen LogP contribution is -2.72. The van der Waals surface area contributed by atoms with E-state index in [0.717, 1.165) is 6.07 Å². The number of primary amides is 1. The van der Waals surface area contributed by atoms with Crippen LogP contribution in [-0.4, -0.2) is 34.0 Å². The van der Waals surface area contributed by atoms with Crippen LogP contribution in [0.5, 0.6) is 11.8 Å². The number of halogens is 2. The van der Waals surface area contributed by atoms with Crippen LogP contribution < -0.4 is 15.8 Å². The molecule has 8 nitrogen and oxygen atoms in total. The number of hydrogen-bond acceptors (Lipinski definition) is 6. The fourth-order valence-electron chi connectivity index (χ4n) is 3.90. The Labute approximate surface area is 170 Å². The van der Waals surface area contributed by atoms with Crippen molar-refractivity contribution in [1.82, 2.24) is 9.97 Å². The molecule has 0 saturated heterocycles. The number of aromatic nitrogens is 2. The van der Waals surface area contributed by atoms with Gasteiger partial charge in [0, 0.05) is 11.8 Å². The SMILES string of the molecule is Cc1cc(NC(=O)COC23CC(C(N)=O)(C2)C3)cc(F)c1Oc1ncc(Cl)cn1. The van der Waals surface area contributed by atoms with Crippen LogP contribution in [0.25, 0.3) is 0 Å². The number of anilines is 1. The number of rotatable bonds is 7. The predicted octanol–water partition coefficient (Wildman–Crippen LogP) is 2.73. The third kappa shape index (κ3) is 3.63. The van der Waals surface area contributed by atoms with E-state index < -0.39 is 22.7 Å². The topological polar surface area (TPSA) is 116 Å². The molecular formula is C19H18ClFN4O4. The Morgan fingerprint density at radius 1 is 1.28 bits per heavy atom. The minimum absolute atomic E-state index is 0.0473. The van der Waals surface area contributed by atoms with E-state index in [2.05, 4.69) is 15.3 Å². The highest BCUT2D eigenvalue weighted by Gasteiger charge is 2.72. The van der Waals surface area contributed by atoms with Gasteiger partial charge in [0.1, 0.15) is 6.61 Å². The monoisotopic (exact) mass is 420 g/mol. The largest absolute Gasteiger partial charge is 0.421 e. The molecule has 3 aliphatic rings. The quantitative estimate of drug-likeness (QED) is 0.711. The van der Waals surface area contributed by atoms with Gasteiger partial charge < -0.3 is 20.5 Å². The van der Waals surface area contributed by atoms with Crippen molar-refractivity contribution in [2.45, 2.75) is 31.8 Å². The van der Waals surface area contributed by atoms with E-state index in [1.807, 2.05) is 0 Å². The lowest BCUT2D eigenvalue weighted by atomic mass is 9.41. The standard InChI is InChI=1S/C19H18ClFN4O4/c1-10-2-12(3-13(21)15(10)29-17-23-4-11(20)5-24-17)25-14(26)6-28-19-7-18(8-19,9-19)16(22)27/h2-5H,6-9H2,1H3,(H2,22,27)(H,25,26). The van der Waals surface area contributed by atoms with Gasteiger partial charge in [0.15, 0.2) is 11.6 Å². The summed E-state index contributed by atoms with van der Waals surface area (Å²) in [4.78, 5) is 31.2. The fraction of sp³-hybridized carbons (Fsp3) is 0.368. The first-order valence-corrected chi connectivity index (χ1v) is 9.27. The molecule has 2 bridgehead atoms. The second-order valence-electron chi connectivity index (χ2n) is 7.58. The lowest BCUT2D eigenvalue weighted by molar-refractivity contribution is -0.269. The first kappa shape index (κ1) is 19.5. The molecule has 29 heavy (non-hydrogen) atoms. The van der Waals surface area contributed by atoms with Crippen molar-refractivity contribution in [3.8, 4) is 11.8 Å². The summed E-state index contributed by atoms with van der Waals surface area (Å²) in [6.07, 6.45) is 4.32. The van der Waals surface area contributed by atoms with Crippen molar-refractivity contribution < 1.29 is 23.5 Å². The van der Waals surface area contributed by atoms with Gasteiger partial charge in [-0.15, -0.1) is 0 Å². The maximum Gasteiger partial charge on any atom is 0.322 e. The normalized spacial score (nSPS) is 24.2. The molecule has 0 spiro atoms. The molecule has 3 N–H and O–H groups in total. The predicted molar refractivity (Wildman–Crippen MR) is 101 cm³/mol. The third-order valence-corrected chi connectivity index (χ3v) is 5.51. The first-order valence-electron chi connectivity index (χ1n) is 8.90. The van der Waals surface area contributed by atoms with E-state index in [-0.39, 0.29) is 30.0 Å². The van der Waals surface area contributed by atoms with Crippen LogP contribution in [0.1, 0.15) is 24.8 Å². The van der Waals surface area contributed by atoms with Gasteiger partial charge in [0.25, 0.3) is 0 Å². The van der Waals surface area contributed by atoms with E-state index in [1.165, 1.54) is 12.4 Å². The number of nitrogens with one attached hydrogen (secondary N) is 1. The zero-order valence-electron chi connectivity index (χ0n) is 15.5. The minimum Gasteiger partial charge on any atom is -0.421 e. The molecule has 3 saturated carbocycles. The molecule has 152 valence electrons. The van der Waals surface area contributed by atoms with Gasteiger partial charge in [-0.05, 0) is 37.8 Å². The Bertz CT molecular complexity index is 955. The molecule has 1 heterocycles. The van der Waals surface area contributed by atoms with Gasteiger partial charge in [0.2, 0.25) is 11.8 Å². The van der Waals surface area contributed by atoms with E-state index in [9.17, 15) is 14.0 Å². The second-order valence-corrected chi connectivity index (χ2v) is 8.02. The number of hydrogen-bond donors (Lipinski definition) is 2. The van der Waals surface area contributed by atoms with Crippen molar-refractivity contribution in [3.05, 3.63) is 40.9 Å². The Morgan fingerprint density at radius 2 is 1.93 bits per heavy atom. The van der Waals surface area contributed by atoms with Gasteiger partial charge >= 0.3 is 6.01 Å². The number of aryl methyl sites for hydroxylation is 1. The second kappa shape index (κ2) is 6.93. The number of ether oxygens (including phenoxy) is 2. The highest BCUT2D eigenvalue weighted by Crippen LogP contribution is 2.68. The summed E-state index contributed by atoms with van der Waals surface area (Å²) >= 11 is 5.71. The number of benzene rings is 1. The van der Waals surface area contributed by atoms with Gasteiger partial charge in [-0.2, -0.15) is 0 Å². The minimum atomic E-state index is -0.678. The van der Waals surface area contributed by atoms with Crippen LogP contribution in [-0.2, 0) is 14.3 Å². The Morgan fingerprint density at radius 3 is 2.52 bits per heavy atom. The number of nitrogens with zero attached hydrogens (tertiary/aromatic N) is 2. The first-order chi connectivity index (χ1) is 13.7. The van der Waals surface area contributed by atoms with Crippen LogP contribution >= 0.6 is 11.6 Å². The van der Waals surface area contributed by atoms with Crippen molar-refractivity contribution in [3.63, 3.8) is 0 Å². The van der Waals surface area contributed by atoms with Crippen LogP contribution in [0.15, 0.2) is 24.5 Å². The van der Waals surface area contributed by atoms with E-state index in [4.69, 9.17) is 26.8 Å². The number of amides is 2. The molecule has 2 aromatic rings.